The molecule has 0 unspecified atom stereocenters. The van der Waals surface area contributed by atoms with Gasteiger partial charge in [-0.25, -0.2) is 0 Å². The standard InChI is InChI=1S/C38H70O2.C9H16.4CH4.H2O2/c1-32(2,3)29-22-30(37(12,13)27-35(8,9)25-33(4,5)18-16-20-39)24-31(23-29)38(14,15)28-36(10,11)26-34(6,7)19-17-21-40;1-3-8-5-2-6-9(4-1)7-8;;;;;1-2/h22-24,39-40H,16-21,25-28H2,1-15H3;8-9H,1-7H2;4*1H4;1-2H. The number of benzene rings is 1. The molecule has 2 fully saturated rings. The summed E-state index contributed by atoms with van der Waals surface area (Å²) in [6.45, 7) is 36.6. The Kier molecular flexibility index (Phi) is 27.4. The predicted molar refractivity (Wildman–Crippen MR) is 249 cm³/mol. The van der Waals surface area contributed by atoms with Crippen LogP contribution in [0.3, 0.4) is 0 Å². The van der Waals surface area contributed by atoms with Crippen molar-refractivity contribution in [1.29, 1.82) is 0 Å². The van der Waals surface area contributed by atoms with Crippen molar-refractivity contribution in [3.8, 4) is 0 Å². The molecule has 0 spiro atoms. The van der Waals surface area contributed by atoms with Gasteiger partial charge in [0.1, 0.15) is 0 Å². The summed E-state index contributed by atoms with van der Waals surface area (Å²) in [7, 11) is 0. The van der Waals surface area contributed by atoms with Gasteiger partial charge in [-0.1, -0.05) is 190 Å². The summed E-state index contributed by atoms with van der Waals surface area (Å²) < 4.78 is 0. The van der Waals surface area contributed by atoms with Crippen LogP contribution in [0.25, 0.3) is 0 Å². The minimum absolute atomic E-state index is 0. The van der Waals surface area contributed by atoms with E-state index in [-0.39, 0.29) is 80.8 Å². The average Bonchev–Trinajstić information content (AvgIpc) is 2.97. The van der Waals surface area contributed by atoms with E-state index in [9.17, 15) is 10.2 Å². The molecule has 0 radical (unpaired) electrons. The first-order chi connectivity index (χ1) is 23.2. The summed E-state index contributed by atoms with van der Waals surface area (Å²) in [6, 6.07) is 7.53. The highest BCUT2D eigenvalue weighted by Gasteiger charge is 2.38. The molecule has 4 heteroatoms. The molecule has 0 aliphatic heterocycles. The molecular formula is C51H104O4. The molecule has 55 heavy (non-hydrogen) atoms. The predicted octanol–water partition coefficient (Wildman–Crippen LogP) is 16.3. The van der Waals surface area contributed by atoms with E-state index in [1.54, 1.807) is 32.1 Å². The van der Waals surface area contributed by atoms with Crippen LogP contribution >= 0.6 is 0 Å². The maximum Gasteiger partial charge on any atom is 0.0431 e. The molecule has 0 heterocycles. The van der Waals surface area contributed by atoms with Crippen molar-refractivity contribution in [2.45, 2.75) is 246 Å². The summed E-state index contributed by atoms with van der Waals surface area (Å²) in [4.78, 5) is 0. The Bertz CT molecular complexity index is 1050. The Morgan fingerprint density at radius 1 is 0.455 bits per heavy atom. The molecule has 3 rings (SSSR count). The fourth-order valence-electron chi connectivity index (χ4n) is 11.1. The van der Waals surface area contributed by atoms with Gasteiger partial charge in [0.25, 0.3) is 0 Å². The van der Waals surface area contributed by atoms with E-state index in [1.165, 1.54) is 29.5 Å². The van der Waals surface area contributed by atoms with E-state index >= 15 is 0 Å². The second-order valence-electron chi connectivity index (χ2n) is 22.7. The number of hydrogen-bond donors (Lipinski definition) is 4. The molecular weight excluding hydrogens is 677 g/mol. The molecule has 2 bridgehead atoms. The molecule has 2 saturated carbocycles. The van der Waals surface area contributed by atoms with Crippen LogP contribution in [0.15, 0.2) is 18.2 Å². The molecule has 1 aromatic carbocycles. The molecule has 0 atom stereocenters. The second kappa shape index (κ2) is 24.9. The quantitative estimate of drug-likeness (QED) is 0.0995. The molecule has 0 amide bonds. The zero-order valence-corrected chi connectivity index (χ0v) is 36.7. The van der Waals surface area contributed by atoms with Gasteiger partial charge in [-0.2, -0.15) is 0 Å². The summed E-state index contributed by atoms with van der Waals surface area (Å²) >= 11 is 0. The van der Waals surface area contributed by atoms with Gasteiger partial charge in [0, 0.05) is 13.2 Å². The third-order valence-electron chi connectivity index (χ3n) is 12.3. The summed E-state index contributed by atoms with van der Waals surface area (Å²) in [5, 5.41) is 30.8. The van der Waals surface area contributed by atoms with Gasteiger partial charge >= 0.3 is 0 Å². The first-order valence-electron chi connectivity index (χ1n) is 20.8. The van der Waals surface area contributed by atoms with Gasteiger partial charge in [0.15, 0.2) is 0 Å². The molecule has 2 aliphatic rings. The lowest BCUT2D eigenvalue weighted by Gasteiger charge is -2.42. The highest BCUT2D eigenvalue weighted by molar-refractivity contribution is 5.41. The third-order valence-corrected chi connectivity index (χ3v) is 12.3. The van der Waals surface area contributed by atoms with Crippen LogP contribution < -0.4 is 0 Å². The largest absolute Gasteiger partial charge is 0.396 e. The van der Waals surface area contributed by atoms with E-state index in [0.717, 1.165) is 63.2 Å². The molecule has 0 aromatic heterocycles. The van der Waals surface area contributed by atoms with Gasteiger partial charge in [-0.3, -0.25) is 10.5 Å². The zero-order chi connectivity index (χ0) is 39.5. The average molecular weight is 781 g/mol. The number of hydrogen-bond acceptors (Lipinski definition) is 4. The van der Waals surface area contributed by atoms with Crippen molar-refractivity contribution in [3.05, 3.63) is 34.9 Å². The molecule has 0 saturated heterocycles. The van der Waals surface area contributed by atoms with E-state index in [0.29, 0.717) is 0 Å². The fourth-order valence-corrected chi connectivity index (χ4v) is 11.1. The van der Waals surface area contributed by atoms with Crippen LogP contribution in [0.2, 0.25) is 0 Å². The van der Waals surface area contributed by atoms with Crippen molar-refractivity contribution >= 4 is 0 Å². The number of aliphatic hydroxyl groups is 2. The first kappa shape index (κ1) is 60.7. The van der Waals surface area contributed by atoms with Crippen molar-refractivity contribution in [3.63, 3.8) is 0 Å². The van der Waals surface area contributed by atoms with E-state index < -0.39 is 0 Å². The summed E-state index contributed by atoms with van der Waals surface area (Å²) in [6.07, 6.45) is 19.3. The molecule has 1 aromatic rings. The van der Waals surface area contributed by atoms with Crippen molar-refractivity contribution in [2.24, 2.45) is 33.5 Å². The Hall–Kier alpha value is -0.940. The van der Waals surface area contributed by atoms with Gasteiger partial charge in [0.2, 0.25) is 0 Å². The molecule has 332 valence electrons. The lowest BCUT2D eigenvalue weighted by Crippen LogP contribution is -2.33. The first-order valence-corrected chi connectivity index (χ1v) is 20.8. The SMILES string of the molecule is C.C.C.C.C1CC2CCCC(C1)C2.CC(C)(CCCO)CC(C)(C)CC(C)(C)c1cc(C(C)(C)C)cc(C(C)(C)CC(C)(C)CC(C)(C)CCCO)c1.OO. The molecule has 2 aliphatic carbocycles. The van der Waals surface area contributed by atoms with E-state index in [2.05, 4.69) is 122 Å². The Labute approximate surface area is 347 Å². The molecule has 4 N–H and O–H groups in total. The van der Waals surface area contributed by atoms with Crippen molar-refractivity contribution in [1.82, 2.24) is 0 Å². The maximum atomic E-state index is 9.40. The normalized spacial score (nSPS) is 17.7. The minimum atomic E-state index is 0. The van der Waals surface area contributed by atoms with Crippen molar-refractivity contribution in [2.75, 3.05) is 13.2 Å². The van der Waals surface area contributed by atoms with Crippen molar-refractivity contribution < 1.29 is 20.7 Å². The van der Waals surface area contributed by atoms with Crippen LogP contribution in [-0.2, 0) is 16.2 Å². The lowest BCUT2D eigenvalue weighted by atomic mass is 9.62. The summed E-state index contributed by atoms with van der Waals surface area (Å²) in [5.74, 6) is 2.30. The topological polar surface area (TPSA) is 80.9 Å². The van der Waals surface area contributed by atoms with E-state index in [1.807, 2.05) is 0 Å². The number of fused-ring (bicyclic) bond motifs is 2. The lowest BCUT2D eigenvalue weighted by molar-refractivity contribution is -0.176. The highest BCUT2D eigenvalue weighted by Crippen LogP contribution is 2.48. The number of rotatable bonds is 16. The van der Waals surface area contributed by atoms with Crippen LogP contribution in [0.5, 0.6) is 0 Å². The second-order valence-corrected chi connectivity index (χ2v) is 22.7. The number of aliphatic hydroxyl groups excluding tert-OH is 2. The smallest absolute Gasteiger partial charge is 0.0431 e. The van der Waals surface area contributed by atoms with Crippen LogP contribution in [0, 0.1) is 33.5 Å². The Morgan fingerprint density at radius 2 is 0.745 bits per heavy atom. The van der Waals surface area contributed by atoms with Crippen LogP contribution in [0.4, 0.5) is 0 Å². The van der Waals surface area contributed by atoms with E-state index in [4.69, 9.17) is 10.5 Å². The van der Waals surface area contributed by atoms with Gasteiger partial charge in [-0.15, -0.1) is 0 Å². The fraction of sp³-hybridized carbons (Fsp3) is 0.882. The molecule has 4 nitrogen and oxygen atoms in total. The maximum absolute atomic E-state index is 9.40. The van der Waals surface area contributed by atoms with Gasteiger partial charge < -0.3 is 10.2 Å². The monoisotopic (exact) mass is 781 g/mol. The van der Waals surface area contributed by atoms with Gasteiger partial charge in [-0.05, 0) is 124 Å². The van der Waals surface area contributed by atoms with Crippen LogP contribution in [0.1, 0.15) is 247 Å². The minimum Gasteiger partial charge on any atom is -0.396 e. The Balaban J connectivity index is -0.000000740. The third kappa shape index (κ3) is 22.1. The highest BCUT2D eigenvalue weighted by atomic mass is 17.0. The zero-order valence-electron chi connectivity index (χ0n) is 36.7. The van der Waals surface area contributed by atoms with Gasteiger partial charge in [0.05, 0.1) is 0 Å². The Morgan fingerprint density at radius 3 is 1.00 bits per heavy atom. The summed E-state index contributed by atoms with van der Waals surface area (Å²) in [5.41, 5.74) is 5.36. The van der Waals surface area contributed by atoms with Crippen LogP contribution in [-0.4, -0.2) is 33.9 Å².